The van der Waals surface area contributed by atoms with Crippen LogP contribution in [0.25, 0.3) is 0 Å². The molecule has 0 heterocycles. The lowest BCUT2D eigenvalue weighted by molar-refractivity contribution is -0.136. The van der Waals surface area contributed by atoms with Crippen molar-refractivity contribution in [3.63, 3.8) is 0 Å². The minimum Gasteiger partial charge on any atom is -0.343 e. The Morgan fingerprint density at radius 2 is 1.84 bits per heavy atom. The molecule has 2 amide bonds. The fourth-order valence-electron chi connectivity index (χ4n) is 3.63. The van der Waals surface area contributed by atoms with Gasteiger partial charge in [0.25, 0.3) is 0 Å². The zero-order chi connectivity index (χ0) is 22.6. The van der Waals surface area contributed by atoms with Crippen LogP contribution in [0.4, 0.5) is 0 Å². The lowest BCUT2D eigenvalue weighted by atomic mass is 9.93. The van der Waals surface area contributed by atoms with E-state index in [0.29, 0.717) is 42.4 Å². The molecule has 8 heteroatoms. The van der Waals surface area contributed by atoms with E-state index in [2.05, 4.69) is 26.6 Å². The van der Waals surface area contributed by atoms with Crippen LogP contribution >= 0.6 is 39.1 Å². The molecular weight excluding hydrogens is 501 g/mol. The lowest BCUT2D eigenvalue weighted by Crippen LogP contribution is -2.52. The third kappa shape index (κ3) is 5.80. The normalized spacial score (nSPS) is 15.3. The van der Waals surface area contributed by atoms with Crippen molar-refractivity contribution in [2.45, 2.75) is 30.7 Å². The van der Waals surface area contributed by atoms with Crippen molar-refractivity contribution in [2.75, 3.05) is 27.2 Å². The van der Waals surface area contributed by atoms with Crippen LogP contribution in [0.3, 0.4) is 0 Å². The summed E-state index contributed by atoms with van der Waals surface area (Å²) in [6, 6.07) is 12.3. The molecule has 2 aromatic rings. The predicted octanol–water partition coefficient (Wildman–Crippen LogP) is 4.19. The van der Waals surface area contributed by atoms with Crippen LogP contribution in [-0.2, 0) is 21.4 Å². The Labute approximate surface area is 201 Å². The van der Waals surface area contributed by atoms with Gasteiger partial charge in [0.15, 0.2) is 0 Å². The molecular formula is C23H26BrCl2N3O2. The summed E-state index contributed by atoms with van der Waals surface area (Å²) in [4.78, 5) is 28.2. The Morgan fingerprint density at radius 1 is 1.16 bits per heavy atom. The highest BCUT2D eigenvalue weighted by atomic mass is 79.9. The average Bonchev–Trinajstić information content (AvgIpc) is 3.54. The molecule has 0 aliphatic heterocycles. The number of nitrogens with zero attached hydrogens (tertiary/aromatic N) is 1. The van der Waals surface area contributed by atoms with Crippen molar-refractivity contribution in [3.8, 4) is 0 Å². The van der Waals surface area contributed by atoms with Gasteiger partial charge in [0.05, 0.1) is 5.41 Å². The summed E-state index contributed by atoms with van der Waals surface area (Å²) in [5, 5.41) is 7.07. The first-order valence-electron chi connectivity index (χ1n) is 10.2. The summed E-state index contributed by atoms with van der Waals surface area (Å²) in [5.41, 5.74) is 1.02. The molecule has 0 bridgehead atoms. The average molecular weight is 527 g/mol. The highest BCUT2D eigenvalue weighted by Gasteiger charge is 2.53. The first-order valence-corrected chi connectivity index (χ1v) is 11.7. The van der Waals surface area contributed by atoms with Crippen molar-refractivity contribution in [1.82, 2.24) is 15.5 Å². The summed E-state index contributed by atoms with van der Waals surface area (Å²) < 4.78 is 0.962. The summed E-state index contributed by atoms with van der Waals surface area (Å²) >= 11 is 15.9. The molecule has 0 radical (unpaired) electrons. The Balaban J connectivity index is 1.82. The molecule has 31 heavy (non-hydrogen) atoms. The van der Waals surface area contributed by atoms with E-state index in [9.17, 15) is 9.59 Å². The molecule has 0 spiro atoms. The number of likely N-dealkylation sites (N-methyl/N-ethyl adjacent to an activating group) is 2. The van der Waals surface area contributed by atoms with Crippen molar-refractivity contribution >= 4 is 50.9 Å². The van der Waals surface area contributed by atoms with E-state index in [0.717, 1.165) is 15.6 Å². The van der Waals surface area contributed by atoms with Gasteiger partial charge < -0.3 is 15.5 Å². The number of halogens is 3. The number of carbonyl (C=O) groups excluding carboxylic acids is 2. The van der Waals surface area contributed by atoms with E-state index in [1.807, 2.05) is 37.4 Å². The Bertz CT molecular complexity index is 948. The smallest absolute Gasteiger partial charge is 0.245 e. The third-order valence-electron chi connectivity index (χ3n) is 5.66. The lowest BCUT2D eigenvalue weighted by Gasteiger charge is -2.27. The van der Waals surface area contributed by atoms with E-state index in [1.54, 1.807) is 24.1 Å². The molecule has 0 unspecified atom stereocenters. The van der Waals surface area contributed by atoms with Gasteiger partial charge in [-0.1, -0.05) is 57.3 Å². The Morgan fingerprint density at radius 3 is 2.42 bits per heavy atom. The van der Waals surface area contributed by atoms with E-state index in [-0.39, 0.29) is 11.8 Å². The van der Waals surface area contributed by atoms with Crippen LogP contribution in [0.15, 0.2) is 46.9 Å². The van der Waals surface area contributed by atoms with Gasteiger partial charge in [0.1, 0.15) is 6.04 Å². The van der Waals surface area contributed by atoms with Gasteiger partial charge >= 0.3 is 0 Å². The van der Waals surface area contributed by atoms with Gasteiger partial charge in [0.2, 0.25) is 11.8 Å². The number of carbonyl (C=O) groups is 2. The van der Waals surface area contributed by atoms with E-state index < -0.39 is 11.5 Å². The van der Waals surface area contributed by atoms with Gasteiger partial charge in [-0.2, -0.15) is 0 Å². The molecule has 0 saturated heterocycles. The number of rotatable bonds is 9. The minimum absolute atomic E-state index is 0.121. The standard InChI is InChI=1S/C23H26BrCl2N3O2/c1-27-11-12-29(2)21(30)20(13-15-3-5-16(24)6-4-15)28-22(31)23(9-10-23)18-8-7-17(25)14-19(18)26/h3-8,14,20,27H,9-13H2,1-2H3,(H,28,31)/t20-/m0/s1. The van der Waals surface area contributed by atoms with Crippen LogP contribution in [-0.4, -0.2) is 49.9 Å². The first kappa shape index (κ1) is 24.1. The highest BCUT2D eigenvalue weighted by Crippen LogP contribution is 2.51. The number of hydrogen-bond donors (Lipinski definition) is 2. The minimum atomic E-state index is -0.705. The summed E-state index contributed by atoms with van der Waals surface area (Å²) in [5.74, 6) is -0.293. The number of nitrogens with one attached hydrogen (secondary N) is 2. The zero-order valence-electron chi connectivity index (χ0n) is 17.6. The van der Waals surface area contributed by atoms with Crippen LogP contribution in [0.5, 0.6) is 0 Å². The summed E-state index contributed by atoms with van der Waals surface area (Å²) in [6.45, 7) is 1.22. The van der Waals surface area contributed by atoms with Gasteiger partial charge in [0, 0.05) is 41.1 Å². The van der Waals surface area contributed by atoms with Crippen LogP contribution < -0.4 is 10.6 Å². The number of hydrogen-bond acceptors (Lipinski definition) is 3. The van der Waals surface area contributed by atoms with Crippen LogP contribution in [0.1, 0.15) is 24.0 Å². The largest absolute Gasteiger partial charge is 0.343 e. The van der Waals surface area contributed by atoms with Crippen molar-refractivity contribution in [3.05, 3.63) is 68.1 Å². The van der Waals surface area contributed by atoms with Crippen LogP contribution in [0, 0.1) is 0 Å². The molecule has 1 aliphatic rings. The maximum Gasteiger partial charge on any atom is 0.245 e. The second kappa shape index (κ2) is 10.3. The van der Waals surface area contributed by atoms with Crippen molar-refractivity contribution in [2.24, 2.45) is 0 Å². The van der Waals surface area contributed by atoms with Crippen molar-refractivity contribution < 1.29 is 9.59 Å². The molecule has 1 fully saturated rings. The predicted molar refractivity (Wildman–Crippen MR) is 129 cm³/mol. The molecule has 3 rings (SSSR count). The zero-order valence-corrected chi connectivity index (χ0v) is 20.6. The maximum atomic E-state index is 13.4. The maximum absolute atomic E-state index is 13.4. The van der Waals surface area contributed by atoms with E-state index in [4.69, 9.17) is 23.2 Å². The van der Waals surface area contributed by atoms with E-state index >= 15 is 0 Å². The van der Waals surface area contributed by atoms with Gasteiger partial charge in [-0.25, -0.2) is 0 Å². The van der Waals surface area contributed by atoms with Gasteiger partial charge in [-0.05, 0) is 55.3 Å². The summed E-state index contributed by atoms with van der Waals surface area (Å²) in [6.07, 6.45) is 1.79. The molecule has 1 saturated carbocycles. The fourth-order valence-corrected chi connectivity index (χ4v) is 4.48. The molecule has 166 valence electrons. The topological polar surface area (TPSA) is 61.4 Å². The van der Waals surface area contributed by atoms with E-state index in [1.165, 1.54) is 0 Å². The van der Waals surface area contributed by atoms with Crippen LogP contribution in [0.2, 0.25) is 10.0 Å². The molecule has 1 aliphatic carbocycles. The van der Waals surface area contributed by atoms with Gasteiger partial charge in [-0.3, -0.25) is 9.59 Å². The number of amides is 2. The van der Waals surface area contributed by atoms with Gasteiger partial charge in [-0.15, -0.1) is 0 Å². The molecule has 5 nitrogen and oxygen atoms in total. The molecule has 2 aromatic carbocycles. The molecule has 1 atom stereocenters. The summed E-state index contributed by atoms with van der Waals surface area (Å²) in [7, 11) is 3.59. The Hall–Kier alpha value is -1.60. The monoisotopic (exact) mass is 525 g/mol. The second-order valence-electron chi connectivity index (χ2n) is 7.93. The molecule has 0 aromatic heterocycles. The third-order valence-corrected chi connectivity index (χ3v) is 6.74. The fraction of sp³-hybridized carbons (Fsp3) is 0.391. The number of benzene rings is 2. The quantitative estimate of drug-likeness (QED) is 0.515. The van der Waals surface area contributed by atoms with Crippen molar-refractivity contribution in [1.29, 1.82) is 0 Å². The molecule has 2 N–H and O–H groups in total. The highest BCUT2D eigenvalue weighted by molar-refractivity contribution is 9.10. The second-order valence-corrected chi connectivity index (χ2v) is 9.69. The first-order chi connectivity index (χ1) is 14.8. The Kier molecular flexibility index (Phi) is 8.03. The SMILES string of the molecule is CNCCN(C)C(=O)[C@H](Cc1ccc(Br)cc1)NC(=O)C1(c2ccc(Cl)cc2Cl)CC1.